The van der Waals surface area contributed by atoms with Gasteiger partial charge in [-0.1, -0.05) is 18.2 Å². The first-order chi connectivity index (χ1) is 11.7. The van der Waals surface area contributed by atoms with E-state index >= 15 is 0 Å². The van der Waals surface area contributed by atoms with Crippen LogP contribution in [0.25, 0.3) is 10.1 Å². The first kappa shape index (κ1) is 16.1. The summed E-state index contributed by atoms with van der Waals surface area (Å²) in [6, 6.07) is 8.87. The highest BCUT2D eigenvalue weighted by Crippen LogP contribution is 2.29. The molecule has 2 aromatic rings. The van der Waals surface area contributed by atoms with Gasteiger partial charge >= 0.3 is 0 Å². The molecule has 1 aromatic carbocycles. The molecule has 1 aliphatic heterocycles. The minimum absolute atomic E-state index is 0.0965. The zero-order chi connectivity index (χ0) is 16.5. The van der Waals surface area contributed by atoms with Gasteiger partial charge in [-0.15, -0.1) is 11.3 Å². The van der Waals surface area contributed by atoms with Gasteiger partial charge in [-0.25, -0.2) is 0 Å². The van der Waals surface area contributed by atoms with Crippen LogP contribution in [-0.4, -0.2) is 41.1 Å². The van der Waals surface area contributed by atoms with Gasteiger partial charge in [0.2, 0.25) is 5.91 Å². The molecule has 24 heavy (non-hydrogen) atoms. The Hall–Kier alpha value is -1.43. The van der Waals surface area contributed by atoms with E-state index in [1.807, 2.05) is 0 Å². The normalized spacial score (nSPS) is 21.0. The molecule has 128 valence electrons. The summed E-state index contributed by atoms with van der Waals surface area (Å²) >= 11 is 1.80. The number of likely N-dealkylation sites (tertiary alicyclic amines) is 1. The molecule has 1 aromatic heterocycles. The molecule has 1 aliphatic carbocycles. The molecule has 2 fully saturated rings. The van der Waals surface area contributed by atoms with Crippen molar-refractivity contribution in [1.29, 1.82) is 0 Å². The molecule has 4 rings (SSSR count). The van der Waals surface area contributed by atoms with Crippen molar-refractivity contribution >= 4 is 27.3 Å². The molecule has 0 bridgehead atoms. The van der Waals surface area contributed by atoms with Gasteiger partial charge in [0.1, 0.15) is 6.10 Å². The number of fused-ring (bicyclic) bond motifs is 1. The third kappa shape index (κ3) is 3.48. The highest BCUT2D eigenvalue weighted by atomic mass is 32.1. The number of carbonyl (C=O) groups excluding carboxylic acids is 1. The molecule has 0 unspecified atom stereocenters. The number of rotatable bonds is 5. The summed E-state index contributed by atoms with van der Waals surface area (Å²) in [7, 11) is 0. The summed E-state index contributed by atoms with van der Waals surface area (Å²) in [6.45, 7) is 2.85. The van der Waals surface area contributed by atoms with Crippen molar-refractivity contribution in [3.8, 4) is 0 Å². The Morgan fingerprint density at radius 2 is 2.00 bits per heavy atom. The topological polar surface area (TPSA) is 52.6 Å². The number of carbonyl (C=O) groups is 1. The van der Waals surface area contributed by atoms with E-state index < -0.39 is 6.10 Å². The molecule has 1 saturated carbocycles. The number of benzene rings is 1. The SMILES string of the molecule is O=C(NC1CC1)[C@@H](O)C1CCN(Cc2csc3ccccc23)CC1. The number of nitrogens with one attached hydrogen (secondary N) is 1. The molecule has 1 amide bonds. The molecule has 4 nitrogen and oxygen atoms in total. The maximum Gasteiger partial charge on any atom is 0.249 e. The van der Waals surface area contributed by atoms with Crippen molar-refractivity contribution in [3.05, 3.63) is 35.2 Å². The Balaban J connectivity index is 1.31. The van der Waals surface area contributed by atoms with Gasteiger partial charge in [-0.05, 0) is 67.1 Å². The van der Waals surface area contributed by atoms with Crippen molar-refractivity contribution < 1.29 is 9.90 Å². The lowest BCUT2D eigenvalue weighted by Gasteiger charge is -2.33. The summed E-state index contributed by atoms with van der Waals surface area (Å²) in [6.07, 6.45) is 3.06. The van der Waals surface area contributed by atoms with E-state index in [1.165, 1.54) is 15.6 Å². The standard InChI is InChI=1S/C19H24N2O2S/c22-18(19(23)20-15-5-6-15)13-7-9-21(10-8-13)11-14-12-24-17-4-2-1-3-16(14)17/h1-4,12-13,15,18,22H,5-11H2,(H,20,23)/t18-/m0/s1. The predicted octanol–water partition coefficient (Wildman–Crippen LogP) is 2.75. The summed E-state index contributed by atoms with van der Waals surface area (Å²) < 4.78 is 1.34. The van der Waals surface area contributed by atoms with E-state index in [0.29, 0.717) is 6.04 Å². The van der Waals surface area contributed by atoms with Crippen LogP contribution < -0.4 is 5.32 Å². The largest absolute Gasteiger partial charge is 0.383 e. The second kappa shape index (κ2) is 6.82. The fraction of sp³-hybridized carbons (Fsp3) is 0.526. The van der Waals surface area contributed by atoms with Crippen LogP contribution in [0.15, 0.2) is 29.6 Å². The Bertz CT molecular complexity index is 717. The predicted molar refractivity (Wildman–Crippen MR) is 97.0 cm³/mol. The molecule has 0 radical (unpaired) electrons. The van der Waals surface area contributed by atoms with Crippen LogP contribution in [-0.2, 0) is 11.3 Å². The number of amides is 1. The quantitative estimate of drug-likeness (QED) is 0.877. The van der Waals surface area contributed by atoms with Crippen LogP contribution in [0.4, 0.5) is 0 Å². The number of thiophene rings is 1. The van der Waals surface area contributed by atoms with Crippen LogP contribution in [0.5, 0.6) is 0 Å². The van der Waals surface area contributed by atoms with Crippen molar-refractivity contribution in [2.75, 3.05) is 13.1 Å². The summed E-state index contributed by atoms with van der Waals surface area (Å²) in [5.74, 6) is -0.0704. The number of nitrogens with zero attached hydrogens (tertiary/aromatic N) is 1. The Labute approximate surface area is 146 Å². The van der Waals surface area contributed by atoms with E-state index in [-0.39, 0.29) is 11.8 Å². The van der Waals surface area contributed by atoms with Crippen molar-refractivity contribution in [2.24, 2.45) is 5.92 Å². The first-order valence-corrected chi connectivity index (χ1v) is 9.74. The van der Waals surface area contributed by atoms with Crippen LogP contribution in [0.2, 0.25) is 0 Å². The summed E-state index contributed by atoms with van der Waals surface area (Å²) in [5.41, 5.74) is 1.39. The molecule has 1 saturated heterocycles. The van der Waals surface area contributed by atoms with Crippen LogP contribution in [0.1, 0.15) is 31.2 Å². The van der Waals surface area contributed by atoms with Gasteiger partial charge in [0.15, 0.2) is 0 Å². The Kier molecular flexibility index (Phi) is 4.57. The Morgan fingerprint density at radius 1 is 1.25 bits per heavy atom. The highest BCUT2D eigenvalue weighted by molar-refractivity contribution is 7.17. The van der Waals surface area contributed by atoms with Gasteiger partial charge in [0.25, 0.3) is 0 Å². The van der Waals surface area contributed by atoms with E-state index in [9.17, 15) is 9.90 Å². The third-order valence-electron chi connectivity index (χ3n) is 5.23. The minimum Gasteiger partial charge on any atom is -0.383 e. The number of hydrogen-bond acceptors (Lipinski definition) is 4. The van der Waals surface area contributed by atoms with Gasteiger partial charge in [-0.2, -0.15) is 0 Å². The second-order valence-corrected chi connectivity index (χ2v) is 8.01. The van der Waals surface area contributed by atoms with Crippen molar-refractivity contribution in [3.63, 3.8) is 0 Å². The van der Waals surface area contributed by atoms with Crippen molar-refractivity contribution in [2.45, 2.75) is 44.4 Å². The number of aliphatic hydroxyl groups is 1. The van der Waals surface area contributed by atoms with Gasteiger partial charge in [0, 0.05) is 17.3 Å². The number of aliphatic hydroxyl groups excluding tert-OH is 1. The maximum absolute atomic E-state index is 12.0. The van der Waals surface area contributed by atoms with Crippen LogP contribution in [0, 0.1) is 5.92 Å². The average Bonchev–Trinajstić information content (AvgIpc) is 3.34. The zero-order valence-corrected chi connectivity index (χ0v) is 14.6. The smallest absolute Gasteiger partial charge is 0.249 e. The average molecular weight is 344 g/mol. The molecule has 1 atom stereocenters. The highest BCUT2D eigenvalue weighted by Gasteiger charge is 2.33. The van der Waals surface area contributed by atoms with Crippen LogP contribution >= 0.6 is 11.3 Å². The molecule has 2 N–H and O–H groups in total. The molecular weight excluding hydrogens is 320 g/mol. The lowest BCUT2D eigenvalue weighted by molar-refractivity contribution is -0.133. The lowest BCUT2D eigenvalue weighted by atomic mass is 9.90. The molecule has 2 heterocycles. The van der Waals surface area contributed by atoms with E-state index in [4.69, 9.17) is 0 Å². The first-order valence-electron chi connectivity index (χ1n) is 8.86. The molecular formula is C19H24N2O2S. The van der Waals surface area contributed by atoms with Crippen LogP contribution in [0.3, 0.4) is 0 Å². The van der Waals surface area contributed by atoms with Gasteiger partial charge in [-0.3, -0.25) is 9.69 Å². The van der Waals surface area contributed by atoms with Gasteiger partial charge in [0.05, 0.1) is 0 Å². The molecule has 0 spiro atoms. The molecule has 2 aliphatic rings. The lowest BCUT2D eigenvalue weighted by Crippen LogP contribution is -2.44. The zero-order valence-electron chi connectivity index (χ0n) is 13.8. The fourth-order valence-corrected chi connectivity index (χ4v) is 4.51. The molecule has 5 heteroatoms. The summed E-state index contributed by atoms with van der Waals surface area (Å²) in [5, 5.41) is 16.8. The third-order valence-corrected chi connectivity index (χ3v) is 6.24. The van der Waals surface area contributed by atoms with E-state index in [2.05, 4.69) is 39.9 Å². The maximum atomic E-state index is 12.0. The number of piperidine rings is 1. The van der Waals surface area contributed by atoms with E-state index in [0.717, 1.165) is 45.3 Å². The monoisotopic (exact) mass is 344 g/mol. The van der Waals surface area contributed by atoms with Gasteiger partial charge < -0.3 is 10.4 Å². The summed E-state index contributed by atoms with van der Waals surface area (Å²) in [4.78, 5) is 14.4. The van der Waals surface area contributed by atoms with Crippen molar-refractivity contribution in [1.82, 2.24) is 10.2 Å². The Morgan fingerprint density at radius 3 is 2.75 bits per heavy atom. The second-order valence-electron chi connectivity index (χ2n) is 7.10. The minimum atomic E-state index is -0.838. The fourth-order valence-electron chi connectivity index (χ4n) is 3.55. The number of hydrogen-bond donors (Lipinski definition) is 2. The van der Waals surface area contributed by atoms with E-state index in [1.54, 1.807) is 11.3 Å².